The van der Waals surface area contributed by atoms with Crippen LogP contribution in [0.4, 0.5) is 0 Å². The Morgan fingerprint density at radius 1 is 0.254 bits per heavy atom. The minimum Gasteiger partial charge on any atom is -0.306 e. The molecule has 0 unspecified atom stereocenters. The molecule has 2 heterocycles. The second kappa shape index (κ2) is 17.2. The lowest BCUT2D eigenvalue weighted by atomic mass is 9.91. The van der Waals surface area contributed by atoms with Crippen molar-refractivity contribution in [3.8, 4) is 95.1 Å². The average Bonchev–Trinajstić information content (AvgIpc) is 3.76. The molecule has 0 aliphatic carbocycles. The van der Waals surface area contributed by atoms with Crippen LogP contribution < -0.4 is 0 Å². The van der Waals surface area contributed by atoms with Crippen LogP contribution in [0.5, 0.6) is 0 Å². The number of nitrogens with zero attached hydrogens (tertiary/aromatic N) is 3. The van der Waals surface area contributed by atoms with Crippen LogP contribution in [0.3, 0.4) is 0 Å². The number of para-hydroxylation sites is 2. The van der Waals surface area contributed by atoms with E-state index in [0.29, 0.717) is 5.82 Å². The second-order valence-corrected chi connectivity index (χ2v) is 17.0. The summed E-state index contributed by atoms with van der Waals surface area (Å²) in [6, 6.07) is 93.1. The van der Waals surface area contributed by atoms with Crippen LogP contribution in [-0.4, -0.2) is 14.5 Å². The lowest BCUT2D eigenvalue weighted by Crippen LogP contribution is -2.00. The van der Waals surface area contributed by atoms with Gasteiger partial charge in [0, 0.05) is 22.2 Å². The van der Waals surface area contributed by atoms with Gasteiger partial charge in [-0.3, -0.25) is 0 Å². The topological polar surface area (TPSA) is 30.7 Å². The molecule has 0 aliphatic rings. The Balaban J connectivity index is 1.00. The highest BCUT2D eigenvalue weighted by Gasteiger charge is 2.22. The first-order valence-corrected chi connectivity index (χ1v) is 22.8. The number of hydrogen-bond acceptors (Lipinski definition) is 2. The molecule has 0 atom stereocenters. The van der Waals surface area contributed by atoms with Crippen molar-refractivity contribution in [1.29, 1.82) is 0 Å². The predicted molar refractivity (Wildman–Crippen MR) is 280 cm³/mol. The first-order valence-electron chi connectivity index (χ1n) is 22.8. The van der Waals surface area contributed by atoms with Crippen molar-refractivity contribution in [3.63, 3.8) is 0 Å². The third-order valence-electron chi connectivity index (χ3n) is 12.8. The Kier molecular flexibility index (Phi) is 10.2. The molecule has 3 heteroatoms. The number of hydrogen-bond donors (Lipinski definition) is 0. The van der Waals surface area contributed by atoms with Crippen LogP contribution in [0.1, 0.15) is 0 Å². The van der Waals surface area contributed by atoms with E-state index in [1.165, 1.54) is 27.8 Å². The molecule has 0 spiro atoms. The van der Waals surface area contributed by atoms with Gasteiger partial charge in [-0.15, -0.1) is 0 Å². The third-order valence-corrected chi connectivity index (χ3v) is 12.8. The van der Waals surface area contributed by atoms with E-state index in [4.69, 9.17) is 9.97 Å². The molecular weight excluding hydrogens is 811 g/mol. The summed E-state index contributed by atoms with van der Waals surface area (Å²) in [6.45, 7) is 0. The van der Waals surface area contributed by atoms with E-state index in [2.05, 4.69) is 265 Å². The Labute approximate surface area is 390 Å². The van der Waals surface area contributed by atoms with Gasteiger partial charge in [0.15, 0.2) is 5.82 Å². The Morgan fingerprint density at radius 3 is 1.19 bits per heavy atom. The zero-order valence-corrected chi connectivity index (χ0v) is 36.7. The van der Waals surface area contributed by atoms with Gasteiger partial charge in [0.1, 0.15) is 5.52 Å². The fraction of sp³-hybridized carbons (Fsp3) is 0. The smallest absolute Gasteiger partial charge is 0.160 e. The molecule has 3 nitrogen and oxygen atoms in total. The van der Waals surface area contributed by atoms with E-state index in [0.717, 1.165) is 83.4 Å². The lowest BCUT2D eigenvalue weighted by molar-refractivity contribution is 1.15. The van der Waals surface area contributed by atoms with Crippen molar-refractivity contribution >= 4 is 21.9 Å². The Hall–Kier alpha value is -8.92. The molecular formula is C64H43N3. The molecule has 12 rings (SSSR count). The number of rotatable bonds is 9. The summed E-state index contributed by atoms with van der Waals surface area (Å²) < 4.78 is 2.32. The van der Waals surface area contributed by atoms with E-state index in [9.17, 15) is 0 Å². The monoisotopic (exact) mass is 853 g/mol. The van der Waals surface area contributed by atoms with Crippen LogP contribution in [0.25, 0.3) is 117 Å². The molecule has 0 aliphatic heterocycles. The molecule has 67 heavy (non-hydrogen) atoms. The number of fused-ring (bicyclic) bond motifs is 3. The summed E-state index contributed by atoms with van der Waals surface area (Å²) >= 11 is 0. The fourth-order valence-corrected chi connectivity index (χ4v) is 9.46. The van der Waals surface area contributed by atoms with Crippen LogP contribution in [0, 0.1) is 0 Å². The normalized spacial score (nSPS) is 11.3. The van der Waals surface area contributed by atoms with Crippen molar-refractivity contribution in [2.75, 3.05) is 0 Å². The van der Waals surface area contributed by atoms with Crippen molar-refractivity contribution in [2.45, 2.75) is 0 Å². The van der Waals surface area contributed by atoms with Crippen LogP contribution in [-0.2, 0) is 0 Å². The summed E-state index contributed by atoms with van der Waals surface area (Å²) in [5.74, 6) is 0.677. The Bertz CT molecular complexity index is 3710. The highest BCUT2D eigenvalue weighted by atomic mass is 15.0. The van der Waals surface area contributed by atoms with Gasteiger partial charge in [0.05, 0.1) is 16.7 Å². The maximum atomic E-state index is 5.55. The molecule has 0 saturated carbocycles. The van der Waals surface area contributed by atoms with Gasteiger partial charge >= 0.3 is 0 Å². The summed E-state index contributed by atoms with van der Waals surface area (Å²) in [5.41, 5.74) is 20.8. The van der Waals surface area contributed by atoms with Crippen molar-refractivity contribution < 1.29 is 0 Å². The minimum atomic E-state index is 0.677. The predicted octanol–water partition coefficient (Wildman–Crippen LogP) is 16.9. The van der Waals surface area contributed by atoms with E-state index in [1.807, 2.05) is 0 Å². The van der Waals surface area contributed by atoms with Gasteiger partial charge in [-0.1, -0.05) is 206 Å². The minimum absolute atomic E-state index is 0.677. The zero-order valence-electron chi connectivity index (χ0n) is 36.7. The van der Waals surface area contributed by atoms with Gasteiger partial charge < -0.3 is 4.57 Å². The number of aromatic nitrogens is 3. The maximum Gasteiger partial charge on any atom is 0.160 e. The molecule has 0 saturated heterocycles. The van der Waals surface area contributed by atoms with Gasteiger partial charge in [-0.05, 0) is 121 Å². The van der Waals surface area contributed by atoms with Gasteiger partial charge in [-0.25, -0.2) is 9.97 Å². The van der Waals surface area contributed by atoms with Gasteiger partial charge in [0.2, 0.25) is 0 Å². The van der Waals surface area contributed by atoms with Crippen LogP contribution >= 0.6 is 0 Å². The largest absolute Gasteiger partial charge is 0.306 e. The third kappa shape index (κ3) is 7.69. The van der Waals surface area contributed by atoms with Crippen LogP contribution in [0.2, 0.25) is 0 Å². The highest BCUT2D eigenvalue weighted by Crippen LogP contribution is 2.40. The molecule has 10 aromatic carbocycles. The molecule has 0 fully saturated rings. The molecule has 2 aromatic heterocycles. The Morgan fingerprint density at radius 2 is 0.612 bits per heavy atom. The summed E-state index contributed by atoms with van der Waals surface area (Å²) in [4.78, 5) is 11.0. The fourth-order valence-electron chi connectivity index (χ4n) is 9.46. The first kappa shape index (κ1) is 39.7. The van der Waals surface area contributed by atoms with Crippen molar-refractivity contribution in [2.24, 2.45) is 0 Å². The SMILES string of the molecule is c1ccc(-c2ccc(-c3cccc(-c4cc(-c5ccccc5)cc(-c5cccc(-c6nc(-c7cccc(-c8ccccc8)c7)c7c(n6)c6ccccc6n7-c6ccccc6)c5)c4)c3)cc2)cc1. The standard InChI is InChI=1S/C64H43N3/c1-5-18-44(19-6-1)47-34-36-48(37-35-47)49-24-15-26-51(38-49)56-41-55(46-22-9-3-10-23-46)42-57(43-56)52-27-17-29-54(40-52)64-65-61(53-28-16-25-50(39-53)45-20-7-2-8-21-45)63-62(66-64)59-32-13-14-33-60(59)67(63)58-30-11-4-12-31-58/h1-43H. The molecule has 0 radical (unpaired) electrons. The summed E-state index contributed by atoms with van der Waals surface area (Å²) in [5, 5.41) is 1.08. The lowest BCUT2D eigenvalue weighted by Gasteiger charge is -2.14. The zero-order chi connectivity index (χ0) is 44.5. The molecule has 0 amide bonds. The average molecular weight is 854 g/mol. The van der Waals surface area contributed by atoms with Crippen LogP contribution in [0.15, 0.2) is 261 Å². The maximum absolute atomic E-state index is 5.55. The summed E-state index contributed by atoms with van der Waals surface area (Å²) in [7, 11) is 0. The molecule has 0 bridgehead atoms. The van der Waals surface area contributed by atoms with E-state index >= 15 is 0 Å². The molecule has 12 aromatic rings. The molecule has 0 N–H and O–H groups in total. The van der Waals surface area contributed by atoms with E-state index < -0.39 is 0 Å². The van der Waals surface area contributed by atoms with Crippen molar-refractivity contribution in [1.82, 2.24) is 14.5 Å². The van der Waals surface area contributed by atoms with Gasteiger partial charge in [0.25, 0.3) is 0 Å². The number of benzene rings is 10. The molecule has 314 valence electrons. The highest BCUT2D eigenvalue weighted by molar-refractivity contribution is 6.11. The summed E-state index contributed by atoms with van der Waals surface area (Å²) in [6.07, 6.45) is 0. The second-order valence-electron chi connectivity index (χ2n) is 17.0. The first-order chi connectivity index (χ1) is 33.2. The van der Waals surface area contributed by atoms with Gasteiger partial charge in [-0.2, -0.15) is 0 Å². The quantitative estimate of drug-likeness (QED) is 0.145. The van der Waals surface area contributed by atoms with Crippen molar-refractivity contribution in [3.05, 3.63) is 261 Å². The van der Waals surface area contributed by atoms with E-state index in [1.54, 1.807) is 0 Å². The van der Waals surface area contributed by atoms with E-state index in [-0.39, 0.29) is 0 Å².